The van der Waals surface area contributed by atoms with Gasteiger partial charge < -0.3 is 14.2 Å². The number of aromatic nitrogens is 1. The first-order valence-corrected chi connectivity index (χ1v) is 8.65. The van der Waals surface area contributed by atoms with Gasteiger partial charge in [0.25, 0.3) is 0 Å². The van der Waals surface area contributed by atoms with Gasteiger partial charge in [-0.25, -0.2) is 0 Å². The predicted molar refractivity (Wildman–Crippen MR) is 89.4 cm³/mol. The second-order valence-corrected chi connectivity index (χ2v) is 7.77. The number of hydrogen-bond acceptors (Lipinski definition) is 5. The molecule has 0 saturated heterocycles. The molecular weight excluding hydrogens is 320 g/mol. The van der Waals surface area contributed by atoms with Crippen LogP contribution >= 0.6 is 0 Å². The van der Waals surface area contributed by atoms with E-state index in [9.17, 15) is 14.4 Å². The Morgan fingerprint density at radius 3 is 2.76 bits per heavy atom. The van der Waals surface area contributed by atoms with E-state index in [2.05, 4.69) is 9.47 Å². The van der Waals surface area contributed by atoms with E-state index in [0.717, 1.165) is 24.5 Å². The summed E-state index contributed by atoms with van der Waals surface area (Å²) in [5, 5.41) is 0. The van der Waals surface area contributed by atoms with Crippen molar-refractivity contribution in [3.63, 3.8) is 0 Å². The van der Waals surface area contributed by atoms with Crippen LogP contribution in [0.4, 0.5) is 0 Å². The molecule has 1 aliphatic carbocycles. The highest BCUT2D eigenvalue weighted by Crippen LogP contribution is 2.49. The van der Waals surface area contributed by atoms with Crippen molar-refractivity contribution in [3.05, 3.63) is 35.3 Å². The Hall–Kier alpha value is -2.37. The zero-order chi connectivity index (χ0) is 17.9. The highest BCUT2D eigenvalue weighted by Gasteiger charge is 2.52. The van der Waals surface area contributed by atoms with Crippen molar-refractivity contribution < 1.29 is 19.1 Å². The number of fused-ring (bicyclic) bond motifs is 4. The number of esters is 1. The lowest BCUT2D eigenvalue weighted by Gasteiger charge is -2.48. The number of methoxy groups -OCH3 is 1. The summed E-state index contributed by atoms with van der Waals surface area (Å²) in [6.45, 7) is 5.40. The second kappa shape index (κ2) is 5.31. The maximum atomic E-state index is 13.0. The van der Waals surface area contributed by atoms with Crippen LogP contribution in [0.5, 0.6) is 0 Å². The molecule has 1 aromatic heterocycles. The summed E-state index contributed by atoms with van der Waals surface area (Å²) >= 11 is 0. The van der Waals surface area contributed by atoms with Gasteiger partial charge in [-0.1, -0.05) is 13.8 Å². The van der Waals surface area contributed by atoms with Crippen molar-refractivity contribution >= 4 is 17.5 Å². The Labute approximate surface area is 146 Å². The number of Topliss-reactive ketones (excluding diaryl/α,β-unsaturated/α-hetero) is 2. The minimum atomic E-state index is -0.912. The molecule has 0 fully saturated rings. The van der Waals surface area contributed by atoms with E-state index < -0.39 is 17.3 Å². The van der Waals surface area contributed by atoms with Crippen molar-refractivity contribution in [2.24, 2.45) is 11.3 Å². The largest absolute Gasteiger partial charge is 0.468 e. The highest BCUT2D eigenvalue weighted by atomic mass is 16.5. The fraction of sp³-hybridized carbons (Fsp3) is 0.526. The Kier molecular flexibility index (Phi) is 3.42. The van der Waals surface area contributed by atoms with Crippen LogP contribution in [0.15, 0.2) is 29.6 Å². The summed E-state index contributed by atoms with van der Waals surface area (Å²) in [6, 6.07) is 4.02. The molecule has 6 nitrogen and oxygen atoms in total. The van der Waals surface area contributed by atoms with Crippen LogP contribution < -0.4 is 0 Å². The van der Waals surface area contributed by atoms with Gasteiger partial charge in [-0.05, 0) is 24.0 Å². The normalized spacial score (nSPS) is 27.6. The Morgan fingerprint density at radius 2 is 2.04 bits per heavy atom. The van der Waals surface area contributed by atoms with Gasteiger partial charge in [0.1, 0.15) is 5.92 Å². The molecule has 2 atom stereocenters. The van der Waals surface area contributed by atoms with Gasteiger partial charge in [0.05, 0.1) is 18.7 Å². The lowest BCUT2D eigenvalue weighted by atomic mass is 9.65. The molecule has 2 aliphatic heterocycles. The molecule has 0 amide bonds. The molecule has 0 bridgehead atoms. The SMILES string of the molecule is COC(=O)C1C(=O)C2=C(CC1(C)C)N1CCn3cccc3C1CC2=O. The van der Waals surface area contributed by atoms with Crippen molar-refractivity contribution in [3.8, 4) is 0 Å². The minimum absolute atomic E-state index is 0.0201. The van der Waals surface area contributed by atoms with Crippen molar-refractivity contribution in [1.82, 2.24) is 9.47 Å². The number of nitrogens with zero attached hydrogens (tertiary/aromatic N) is 2. The molecule has 0 radical (unpaired) electrons. The number of carbonyl (C=O) groups is 3. The van der Waals surface area contributed by atoms with Crippen LogP contribution in [0.25, 0.3) is 0 Å². The molecule has 6 heteroatoms. The minimum Gasteiger partial charge on any atom is -0.468 e. The van der Waals surface area contributed by atoms with Gasteiger partial charge in [-0.2, -0.15) is 0 Å². The third-order valence-corrected chi connectivity index (χ3v) is 5.81. The predicted octanol–water partition coefficient (Wildman–Crippen LogP) is 1.86. The molecule has 1 aromatic rings. The first kappa shape index (κ1) is 16.1. The Balaban J connectivity index is 1.81. The highest BCUT2D eigenvalue weighted by molar-refractivity contribution is 6.26. The molecule has 0 spiro atoms. The average Bonchev–Trinajstić information content (AvgIpc) is 3.02. The van der Waals surface area contributed by atoms with E-state index in [-0.39, 0.29) is 29.6 Å². The lowest BCUT2D eigenvalue weighted by Crippen LogP contribution is -2.51. The summed E-state index contributed by atoms with van der Waals surface area (Å²) in [6.07, 6.45) is 2.84. The molecule has 4 rings (SSSR count). The summed E-state index contributed by atoms with van der Waals surface area (Å²) in [5.41, 5.74) is 1.58. The molecule has 25 heavy (non-hydrogen) atoms. The first-order chi connectivity index (χ1) is 11.8. The molecule has 3 heterocycles. The molecule has 0 saturated carbocycles. The molecule has 3 aliphatic rings. The number of rotatable bonds is 1. The molecule has 132 valence electrons. The van der Waals surface area contributed by atoms with E-state index in [1.807, 2.05) is 32.2 Å². The summed E-state index contributed by atoms with van der Waals surface area (Å²) in [5.74, 6) is -1.99. The quantitative estimate of drug-likeness (QED) is 0.443. The standard InChI is InChI=1S/C19H22N2O4/c1-19(2)10-13-15(17(23)16(19)18(24)25-3)14(22)9-12-11-5-4-6-20(11)7-8-21(12)13/h4-6,12,16H,7-10H2,1-3H3. The van der Waals surface area contributed by atoms with Gasteiger partial charge in [0.15, 0.2) is 11.6 Å². The van der Waals surface area contributed by atoms with Crippen LogP contribution in [0.3, 0.4) is 0 Å². The topological polar surface area (TPSA) is 68.6 Å². The molecule has 0 N–H and O–H groups in total. The number of allylic oxidation sites excluding steroid dienone is 2. The fourth-order valence-electron chi connectivity index (χ4n) is 4.63. The summed E-state index contributed by atoms with van der Waals surface area (Å²) in [4.78, 5) is 40.3. The Morgan fingerprint density at radius 1 is 1.28 bits per heavy atom. The number of ether oxygens (including phenoxy) is 1. The first-order valence-electron chi connectivity index (χ1n) is 8.65. The maximum absolute atomic E-state index is 13.0. The number of carbonyl (C=O) groups excluding carboxylic acids is 3. The number of ketones is 2. The zero-order valence-electron chi connectivity index (χ0n) is 14.7. The zero-order valence-corrected chi connectivity index (χ0v) is 14.7. The van der Waals surface area contributed by atoms with Gasteiger partial charge in [0, 0.05) is 37.1 Å². The van der Waals surface area contributed by atoms with E-state index in [1.54, 1.807) is 0 Å². The van der Waals surface area contributed by atoms with Gasteiger partial charge in [-0.15, -0.1) is 0 Å². The second-order valence-electron chi connectivity index (χ2n) is 7.77. The summed E-state index contributed by atoms with van der Waals surface area (Å²) < 4.78 is 7.02. The van der Waals surface area contributed by atoms with Crippen molar-refractivity contribution in [2.45, 2.75) is 39.3 Å². The number of hydrogen-bond donors (Lipinski definition) is 0. The molecule has 2 unspecified atom stereocenters. The van der Waals surface area contributed by atoms with E-state index in [1.165, 1.54) is 7.11 Å². The van der Waals surface area contributed by atoms with Crippen LogP contribution in [-0.2, 0) is 25.7 Å². The van der Waals surface area contributed by atoms with Crippen molar-refractivity contribution in [2.75, 3.05) is 13.7 Å². The van der Waals surface area contributed by atoms with E-state index >= 15 is 0 Å². The van der Waals surface area contributed by atoms with E-state index in [0.29, 0.717) is 6.42 Å². The smallest absolute Gasteiger partial charge is 0.317 e. The summed E-state index contributed by atoms with van der Waals surface area (Å²) in [7, 11) is 1.28. The Bertz CT molecular complexity index is 817. The third-order valence-electron chi connectivity index (χ3n) is 5.81. The third kappa shape index (κ3) is 2.19. The molecule has 0 aromatic carbocycles. The fourth-order valence-corrected chi connectivity index (χ4v) is 4.63. The van der Waals surface area contributed by atoms with Gasteiger partial charge in [-0.3, -0.25) is 14.4 Å². The van der Waals surface area contributed by atoms with Crippen LogP contribution in [0, 0.1) is 11.3 Å². The van der Waals surface area contributed by atoms with Crippen LogP contribution in [0.1, 0.15) is 38.4 Å². The molecular formula is C19H22N2O4. The van der Waals surface area contributed by atoms with E-state index in [4.69, 9.17) is 4.74 Å². The van der Waals surface area contributed by atoms with Crippen LogP contribution in [0.2, 0.25) is 0 Å². The van der Waals surface area contributed by atoms with Gasteiger partial charge in [0.2, 0.25) is 0 Å². The maximum Gasteiger partial charge on any atom is 0.317 e. The average molecular weight is 342 g/mol. The van der Waals surface area contributed by atoms with Crippen LogP contribution in [-0.4, -0.2) is 40.7 Å². The lowest BCUT2D eigenvalue weighted by molar-refractivity contribution is -0.154. The monoisotopic (exact) mass is 342 g/mol. The van der Waals surface area contributed by atoms with Crippen molar-refractivity contribution in [1.29, 1.82) is 0 Å². The van der Waals surface area contributed by atoms with Gasteiger partial charge >= 0.3 is 5.97 Å².